The SMILES string of the molecule is CC(C)N(CCO)c1nccn2nc(C(F)(F)F)cc12. The maximum Gasteiger partial charge on any atom is 0.435 e. The van der Waals surface area contributed by atoms with Gasteiger partial charge in [-0.1, -0.05) is 0 Å². The summed E-state index contributed by atoms with van der Waals surface area (Å²) < 4.78 is 39.3. The molecular weight excluding hydrogens is 273 g/mol. The van der Waals surface area contributed by atoms with E-state index < -0.39 is 11.9 Å². The summed E-state index contributed by atoms with van der Waals surface area (Å²) in [5, 5.41) is 12.6. The largest absolute Gasteiger partial charge is 0.435 e. The lowest BCUT2D eigenvalue weighted by Crippen LogP contribution is -2.34. The van der Waals surface area contributed by atoms with Gasteiger partial charge in [-0.05, 0) is 13.8 Å². The first kappa shape index (κ1) is 14.6. The summed E-state index contributed by atoms with van der Waals surface area (Å²) in [5.74, 6) is 0.375. The molecule has 0 aromatic carbocycles. The second-order valence-electron chi connectivity index (χ2n) is 4.62. The van der Waals surface area contributed by atoms with E-state index in [0.29, 0.717) is 5.82 Å². The maximum absolute atomic E-state index is 12.7. The lowest BCUT2D eigenvalue weighted by Gasteiger charge is -2.27. The van der Waals surface area contributed by atoms with Gasteiger partial charge in [0, 0.05) is 31.0 Å². The molecule has 2 aromatic heterocycles. The van der Waals surface area contributed by atoms with Crippen LogP contribution in [0.3, 0.4) is 0 Å². The molecule has 0 unspecified atom stereocenters. The monoisotopic (exact) mass is 288 g/mol. The number of alkyl halides is 3. The van der Waals surface area contributed by atoms with Gasteiger partial charge in [-0.25, -0.2) is 9.50 Å². The van der Waals surface area contributed by atoms with Crippen molar-refractivity contribution in [2.45, 2.75) is 26.1 Å². The third-order valence-electron chi connectivity index (χ3n) is 2.90. The summed E-state index contributed by atoms with van der Waals surface area (Å²) in [5.41, 5.74) is -0.693. The highest BCUT2D eigenvalue weighted by molar-refractivity contribution is 5.69. The molecule has 0 fully saturated rings. The number of anilines is 1. The number of hydrogen-bond acceptors (Lipinski definition) is 4. The van der Waals surface area contributed by atoms with Gasteiger partial charge in [0.15, 0.2) is 11.5 Å². The van der Waals surface area contributed by atoms with Crippen molar-refractivity contribution in [2.24, 2.45) is 0 Å². The normalized spacial score (nSPS) is 12.3. The Balaban J connectivity index is 2.56. The van der Waals surface area contributed by atoms with Crippen molar-refractivity contribution in [1.29, 1.82) is 0 Å². The number of nitrogens with zero attached hydrogens (tertiary/aromatic N) is 4. The van der Waals surface area contributed by atoms with Crippen LogP contribution in [0.5, 0.6) is 0 Å². The molecule has 0 bridgehead atoms. The lowest BCUT2D eigenvalue weighted by molar-refractivity contribution is -0.141. The number of fused-ring (bicyclic) bond motifs is 1. The average Bonchev–Trinajstić information content (AvgIpc) is 2.79. The van der Waals surface area contributed by atoms with Crippen LogP contribution in [-0.4, -0.2) is 38.9 Å². The van der Waals surface area contributed by atoms with Gasteiger partial charge in [0.1, 0.15) is 5.52 Å². The maximum atomic E-state index is 12.7. The van der Waals surface area contributed by atoms with Crippen molar-refractivity contribution in [2.75, 3.05) is 18.1 Å². The van der Waals surface area contributed by atoms with Gasteiger partial charge in [0.2, 0.25) is 0 Å². The minimum atomic E-state index is -4.50. The molecule has 0 radical (unpaired) electrons. The minimum Gasteiger partial charge on any atom is -0.395 e. The molecule has 20 heavy (non-hydrogen) atoms. The summed E-state index contributed by atoms with van der Waals surface area (Å²) in [7, 11) is 0. The molecule has 2 rings (SSSR count). The Morgan fingerprint density at radius 2 is 2.10 bits per heavy atom. The van der Waals surface area contributed by atoms with Gasteiger partial charge in [-0.3, -0.25) is 0 Å². The molecule has 8 heteroatoms. The highest BCUT2D eigenvalue weighted by Gasteiger charge is 2.34. The Morgan fingerprint density at radius 1 is 1.40 bits per heavy atom. The molecule has 2 heterocycles. The zero-order valence-electron chi connectivity index (χ0n) is 11.1. The Bertz CT molecular complexity index is 594. The zero-order chi connectivity index (χ0) is 14.9. The number of rotatable bonds is 4. The van der Waals surface area contributed by atoms with Gasteiger partial charge >= 0.3 is 6.18 Å². The van der Waals surface area contributed by atoms with Crippen molar-refractivity contribution >= 4 is 11.3 Å². The van der Waals surface area contributed by atoms with Crippen LogP contribution in [0, 0.1) is 0 Å². The van der Waals surface area contributed by atoms with Gasteiger partial charge in [0.05, 0.1) is 6.61 Å². The molecule has 0 amide bonds. The molecule has 0 saturated carbocycles. The van der Waals surface area contributed by atoms with Crippen LogP contribution in [0.1, 0.15) is 19.5 Å². The minimum absolute atomic E-state index is 0.00918. The summed E-state index contributed by atoms with van der Waals surface area (Å²) in [4.78, 5) is 5.86. The summed E-state index contributed by atoms with van der Waals surface area (Å²) in [6.45, 7) is 3.93. The van der Waals surface area contributed by atoms with Crippen molar-refractivity contribution in [3.05, 3.63) is 24.2 Å². The Labute approximate surface area is 113 Å². The first-order chi connectivity index (χ1) is 9.34. The number of hydrogen-bond donors (Lipinski definition) is 1. The smallest absolute Gasteiger partial charge is 0.395 e. The molecule has 0 atom stereocenters. The van der Waals surface area contributed by atoms with Crippen molar-refractivity contribution in [1.82, 2.24) is 14.6 Å². The molecule has 0 aliphatic carbocycles. The van der Waals surface area contributed by atoms with Gasteiger partial charge in [-0.15, -0.1) is 0 Å². The van der Waals surface area contributed by atoms with E-state index in [1.807, 2.05) is 13.8 Å². The standard InChI is InChI=1S/C12H15F3N4O/c1-8(2)18(5-6-20)11-9-7-10(12(13,14)15)17-19(9)4-3-16-11/h3-4,7-8,20H,5-6H2,1-2H3. The van der Waals surface area contributed by atoms with E-state index in [1.165, 1.54) is 12.4 Å². The summed E-state index contributed by atoms with van der Waals surface area (Å²) in [6.07, 6.45) is -1.74. The van der Waals surface area contributed by atoms with Crippen LogP contribution in [-0.2, 0) is 6.18 Å². The van der Waals surface area contributed by atoms with E-state index in [2.05, 4.69) is 10.1 Å². The molecule has 0 saturated heterocycles. The van der Waals surface area contributed by atoms with Gasteiger partial charge < -0.3 is 10.0 Å². The van der Waals surface area contributed by atoms with E-state index in [1.54, 1.807) is 4.90 Å². The fourth-order valence-electron chi connectivity index (χ4n) is 1.98. The molecule has 0 spiro atoms. The molecule has 110 valence electrons. The summed E-state index contributed by atoms with van der Waals surface area (Å²) >= 11 is 0. The van der Waals surface area contributed by atoms with Crippen LogP contribution in [0.25, 0.3) is 5.52 Å². The molecule has 0 aliphatic rings. The van der Waals surface area contributed by atoms with Crippen LogP contribution < -0.4 is 4.90 Å². The Hall–Kier alpha value is -1.83. The van der Waals surface area contributed by atoms with Crippen molar-refractivity contribution in [3.63, 3.8) is 0 Å². The molecule has 5 nitrogen and oxygen atoms in total. The Kier molecular flexibility index (Phi) is 3.85. The fraction of sp³-hybridized carbons (Fsp3) is 0.500. The predicted molar refractivity (Wildman–Crippen MR) is 67.6 cm³/mol. The van der Waals surface area contributed by atoms with Crippen LogP contribution >= 0.6 is 0 Å². The highest BCUT2D eigenvalue weighted by atomic mass is 19.4. The lowest BCUT2D eigenvalue weighted by atomic mass is 10.3. The second-order valence-corrected chi connectivity index (χ2v) is 4.62. The third-order valence-corrected chi connectivity index (χ3v) is 2.90. The third kappa shape index (κ3) is 2.69. The zero-order valence-corrected chi connectivity index (χ0v) is 11.1. The summed E-state index contributed by atoms with van der Waals surface area (Å²) in [6, 6.07) is 0.958. The molecule has 1 N–H and O–H groups in total. The van der Waals surface area contributed by atoms with Crippen molar-refractivity contribution < 1.29 is 18.3 Å². The van der Waals surface area contributed by atoms with Crippen LogP contribution in [0.2, 0.25) is 0 Å². The fourth-order valence-corrected chi connectivity index (χ4v) is 1.98. The van der Waals surface area contributed by atoms with Crippen molar-refractivity contribution in [3.8, 4) is 0 Å². The van der Waals surface area contributed by atoms with Crippen LogP contribution in [0.15, 0.2) is 18.5 Å². The van der Waals surface area contributed by atoms with E-state index in [9.17, 15) is 13.2 Å². The molecular formula is C12H15F3N4O. The quantitative estimate of drug-likeness (QED) is 0.934. The van der Waals surface area contributed by atoms with E-state index in [-0.39, 0.29) is 24.7 Å². The topological polar surface area (TPSA) is 53.7 Å². The molecule has 2 aromatic rings. The number of halogens is 3. The first-order valence-electron chi connectivity index (χ1n) is 6.13. The van der Waals surface area contributed by atoms with E-state index >= 15 is 0 Å². The van der Waals surface area contributed by atoms with Crippen LogP contribution in [0.4, 0.5) is 19.0 Å². The first-order valence-corrected chi connectivity index (χ1v) is 6.13. The van der Waals surface area contributed by atoms with E-state index in [4.69, 9.17) is 5.11 Å². The number of aliphatic hydroxyl groups excluding tert-OH is 1. The molecule has 0 aliphatic heterocycles. The van der Waals surface area contributed by atoms with Gasteiger partial charge in [-0.2, -0.15) is 18.3 Å². The van der Waals surface area contributed by atoms with E-state index in [0.717, 1.165) is 10.6 Å². The highest BCUT2D eigenvalue weighted by Crippen LogP contribution is 2.31. The second kappa shape index (κ2) is 5.28. The number of aliphatic hydroxyl groups is 1. The average molecular weight is 288 g/mol. The number of aromatic nitrogens is 3. The van der Waals surface area contributed by atoms with Gasteiger partial charge in [0.25, 0.3) is 0 Å². The Morgan fingerprint density at radius 3 is 2.65 bits per heavy atom. The predicted octanol–water partition coefficient (Wildman–Crippen LogP) is 1.96.